The number of pyridine rings is 1. The Labute approximate surface area is 144 Å². The summed E-state index contributed by atoms with van der Waals surface area (Å²) in [6.45, 7) is 0. The molecule has 0 atom stereocenters. The van der Waals surface area contributed by atoms with Crippen molar-refractivity contribution in [2.24, 2.45) is 0 Å². The van der Waals surface area contributed by atoms with Crippen molar-refractivity contribution in [1.82, 2.24) is 9.38 Å². The Kier molecular flexibility index (Phi) is 3.82. The molecule has 2 aromatic carbocycles. The van der Waals surface area contributed by atoms with Crippen LogP contribution in [0.5, 0.6) is 0 Å². The normalized spacial score (nSPS) is 11.1. The first-order valence-electron chi connectivity index (χ1n) is 7.63. The number of hydrogen-bond acceptors (Lipinski definition) is 2. The molecule has 0 saturated heterocycles. The van der Waals surface area contributed by atoms with Gasteiger partial charge in [0, 0.05) is 28.4 Å². The number of nitrogens with zero attached hydrogens (tertiary/aromatic N) is 2. The highest BCUT2D eigenvalue weighted by molar-refractivity contribution is 7.98. The highest BCUT2D eigenvalue weighted by Gasteiger charge is 2.09. The van der Waals surface area contributed by atoms with Gasteiger partial charge < -0.3 is 4.40 Å². The Morgan fingerprint density at radius 1 is 0.917 bits per heavy atom. The minimum absolute atomic E-state index is 0.233. The standard InChI is InChI=1S/C20H15FN2S/c1-24-17-10-6-15(7-11-17)19-13-23-12-2-3-18(20(23)22-19)14-4-8-16(21)9-5-14/h2-13H,1H3. The molecule has 0 bridgehead atoms. The van der Waals surface area contributed by atoms with Gasteiger partial charge in [0.05, 0.1) is 5.69 Å². The third-order valence-electron chi connectivity index (χ3n) is 4.02. The lowest BCUT2D eigenvalue weighted by Crippen LogP contribution is -1.87. The van der Waals surface area contributed by atoms with Gasteiger partial charge in [-0.05, 0) is 48.2 Å². The minimum Gasteiger partial charge on any atom is -0.306 e. The maximum Gasteiger partial charge on any atom is 0.145 e. The summed E-state index contributed by atoms with van der Waals surface area (Å²) >= 11 is 1.72. The zero-order valence-electron chi connectivity index (χ0n) is 13.1. The summed E-state index contributed by atoms with van der Waals surface area (Å²) in [5, 5.41) is 0. The molecule has 2 aromatic heterocycles. The van der Waals surface area contributed by atoms with Gasteiger partial charge in [-0.2, -0.15) is 0 Å². The average molecular weight is 334 g/mol. The van der Waals surface area contributed by atoms with Crippen LogP contribution in [-0.4, -0.2) is 15.6 Å². The molecule has 0 saturated carbocycles. The van der Waals surface area contributed by atoms with Crippen LogP contribution in [0.2, 0.25) is 0 Å². The van der Waals surface area contributed by atoms with E-state index in [-0.39, 0.29) is 5.82 Å². The predicted molar refractivity (Wildman–Crippen MR) is 97.8 cm³/mol. The van der Waals surface area contributed by atoms with Crippen molar-refractivity contribution in [2.45, 2.75) is 4.90 Å². The number of halogens is 1. The van der Waals surface area contributed by atoms with E-state index in [0.717, 1.165) is 28.0 Å². The second-order valence-electron chi connectivity index (χ2n) is 5.51. The van der Waals surface area contributed by atoms with E-state index in [9.17, 15) is 4.39 Å². The molecule has 0 spiro atoms. The third kappa shape index (κ3) is 2.69. The molecule has 0 aliphatic carbocycles. The fraction of sp³-hybridized carbons (Fsp3) is 0.0500. The van der Waals surface area contributed by atoms with Crippen LogP contribution in [0.15, 0.2) is 78.0 Å². The Balaban J connectivity index is 1.83. The summed E-state index contributed by atoms with van der Waals surface area (Å²) in [7, 11) is 0. The third-order valence-corrected chi connectivity index (χ3v) is 4.77. The molecule has 0 amide bonds. The van der Waals surface area contributed by atoms with Crippen molar-refractivity contribution < 1.29 is 4.39 Å². The summed E-state index contributed by atoms with van der Waals surface area (Å²) in [6, 6.07) is 18.9. The number of rotatable bonds is 3. The molecule has 0 aliphatic heterocycles. The maximum atomic E-state index is 13.2. The molecule has 0 fully saturated rings. The smallest absolute Gasteiger partial charge is 0.145 e. The van der Waals surface area contributed by atoms with E-state index >= 15 is 0 Å². The van der Waals surface area contributed by atoms with E-state index in [1.54, 1.807) is 23.9 Å². The van der Waals surface area contributed by atoms with E-state index in [0.29, 0.717) is 0 Å². The largest absolute Gasteiger partial charge is 0.306 e. The van der Waals surface area contributed by atoms with Crippen LogP contribution in [0.1, 0.15) is 0 Å². The lowest BCUT2D eigenvalue weighted by molar-refractivity contribution is 0.628. The van der Waals surface area contributed by atoms with Crippen LogP contribution in [0.3, 0.4) is 0 Å². The first-order chi connectivity index (χ1) is 11.7. The molecule has 0 unspecified atom stereocenters. The Hall–Kier alpha value is -2.59. The van der Waals surface area contributed by atoms with Crippen molar-refractivity contribution in [3.8, 4) is 22.4 Å². The zero-order valence-corrected chi connectivity index (χ0v) is 13.9. The van der Waals surface area contributed by atoms with Crippen molar-refractivity contribution >= 4 is 17.4 Å². The number of benzene rings is 2. The van der Waals surface area contributed by atoms with Gasteiger partial charge in [-0.1, -0.05) is 24.3 Å². The van der Waals surface area contributed by atoms with Crippen LogP contribution >= 0.6 is 11.8 Å². The lowest BCUT2D eigenvalue weighted by atomic mass is 10.1. The molecule has 4 aromatic rings. The highest BCUT2D eigenvalue weighted by atomic mass is 32.2. The molecular formula is C20H15FN2S. The topological polar surface area (TPSA) is 17.3 Å². The monoisotopic (exact) mass is 334 g/mol. The van der Waals surface area contributed by atoms with E-state index in [2.05, 4.69) is 30.5 Å². The van der Waals surface area contributed by atoms with Crippen LogP contribution in [-0.2, 0) is 0 Å². The summed E-state index contributed by atoms with van der Waals surface area (Å²) in [4.78, 5) is 6.03. The molecule has 4 rings (SSSR count). The summed E-state index contributed by atoms with van der Waals surface area (Å²) < 4.78 is 15.2. The second kappa shape index (κ2) is 6.13. The Bertz CT molecular complexity index is 989. The molecule has 2 heterocycles. The van der Waals surface area contributed by atoms with Crippen molar-refractivity contribution in [3.05, 3.63) is 78.9 Å². The second-order valence-corrected chi connectivity index (χ2v) is 6.39. The van der Waals surface area contributed by atoms with E-state index in [1.807, 2.05) is 28.9 Å². The van der Waals surface area contributed by atoms with Crippen LogP contribution in [0.25, 0.3) is 28.0 Å². The molecule has 4 heteroatoms. The summed E-state index contributed by atoms with van der Waals surface area (Å²) in [5.41, 5.74) is 4.83. The van der Waals surface area contributed by atoms with Gasteiger partial charge in [-0.15, -0.1) is 11.8 Å². The predicted octanol–water partition coefficient (Wildman–Crippen LogP) is 5.53. The molecule has 0 N–H and O–H groups in total. The molecular weight excluding hydrogens is 319 g/mol. The lowest BCUT2D eigenvalue weighted by Gasteiger charge is -2.03. The van der Waals surface area contributed by atoms with Gasteiger partial charge in [0.25, 0.3) is 0 Å². The van der Waals surface area contributed by atoms with Gasteiger partial charge in [0.1, 0.15) is 11.5 Å². The van der Waals surface area contributed by atoms with Gasteiger partial charge >= 0.3 is 0 Å². The summed E-state index contributed by atoms with van der Waals surface area (Å²) in [5.74, 6) is -0.233. The van der Waals surface area contributed by atoms with Crippen molar-refractivity contribution in [1.29, 1.82) is 0 Å². The molecule has 2 nitrogen and oxygen atoms in total. The Morgan fingerprint density at radius 3 is 2.33 bits per heavy atom. The van der Waals surface area contributed by atoms with Gasteiger partial charge in [0.2, 0.25) is 0 Å². The fourth-order valence-electron chi connectivity index (χ4n) is 2.77. The number of thioether (sulfide) groups is 1. The first kappa shape index (κ1) is 15.0. The van der Waals surface area contributed by atoms with Gasteiger partial charge in [-0.25, -0.2) is 9.37 Å². The molecule has 24 heavy (non-hydrogen) atoms. The maximum absolute atomic E-state index is 13.2. The highest BCUT2D eigenvalue weighted by Crippen LogP contribution is 2.28. The molecule has 118 valence electrons. The number of fused-ring (bicyclic) bond motifs is 1. The minimum atomic E-state index is -0.233. The average Bonchev–Trinajstić information content (AvgIpc) is 3.07. The fourth-order valence-corrected chi connectivity index (χ4v) is 3.18. The number of aromatic nitrogens is 2. The van der Waals surface area contributed by atoms with E-state index in [1.165, 1.54) is 17.0 Å². The SMILES string of the molecule is CSc1ccc(-c2cn3cccc(-c4ccc(F)cc4)c3n2)cc1. The molecule has 0 radical (unpaired) electrons. The van der Waals surface area contributed by atoms with Gasteiger partial charge in [-0.3, -0.25) is 0 Å². The van der Waals surface area contributed by atoms with Crippen molar-refractivity contribution in [3.63, 3.8) is 0 Å². The van der Waals surface area contributed by atoms with Crippen molar-refractivity contribution in [2.75, 3.05) is 6.26 Å². The van der Waals surface area contributed by atoms with Crippen LogP contribution in [0, 0.1) is 5.82 Å². The van der Waals surface area contributed by atoms with E-state index < -0.39 is 0 Å². The number of hydrogen-bond donors (Lipinski definition) is 0. The Morgan fingerprint density at radius 2 is 1.62 bits per heavy atom. The summed E-state index contributed by atoms with van der Waals surface area (Å²) in [6.07, 6.45) is 6.07. The zero-order chi connectivity index (χ0) is 16.5. The van der Waals surface area contributed by atoms with Gasteiger partial charge in [0.15, 0.2) is 0 Å². The number of imidazole rings is 1. The molecule has 0 aliphatic rings. The van der Waals surface area contributed by atoms with Crippen LogP contribution in [0.4, 0.5) is 4.39 Å². The van der Waals surface area contributed by atoms with Crippen LogP contribution < -0.4 is 0 Å². The first-order valence-corrected chi connectivity index (χ1v) is 8.85. The quantitative estimate of drug-likeness (QED) is 0.458. The van der Waals surface area contributed by atoms with E-state index in [4.69, 9.17) is 4.98 Å².